The molecule has 0 amide bonds. The average Bonchev–Trinajstić information content (AvgIpc) is 3.52. The number of furan rings is 1. The van der Waals surface area contributed by atoms with E-state index < -0.39 is 11.8 Å². The molecule has 8 heteroatoms. The van der Waals surface area contributed by atoms with Crippen LogP contribution in [-0.2, 0) is 11.3 Å². The first kappa shape index (κ1) is 20.2. The Morgan fingerprint density at radius 3 is 2.97 bits per heavy atom. The molecule has 0 atom stereocenters. The number of hydrogen-bond donors (Lipinski definition) is 2. The Morgan fingerprint density at radius 2 is 2.18 bits per heavy atom. The summed E-state index contributed by atoms with van der Waals surface area (Å²) < 4.78 is 22.2. The molecule has 0 radical (unpaired) electrons. The molecule has 168 valence electrons. The summed E-state index contributed by atoms with van der Waals surface area (Å²) in [7, 11) is 0. The van der Waals surface area contributed by atoms with Crippen molar-refractivity contribution < 1.29 is 23.5 Å². The predicted octanol–water partition coefficient (Wildman–Crippen LogP) is 5.37. The number of aromatic carboxylic acids is 1. The van der Waals surface area contributed by atoms with Crippen LogP contribution in [0.25, 0.3) is 38.3 Å². The van der Waals surface area contributed by atoms with Crippen molar-refractivity contribution in [1.29, 1.82) is 0 Å². The van der Waals surface area contributed by atoms with Gasteiger partial charge in [-0.25, -0.2) is 9.18 Å². The molecular formula is C26H18FN3O4. The number of carbonyl (C=O) groups excluding carboxylic acids is 1. The smallest absolute Gasteiger partial charge is 0.353 e. The summed E-state index contributed by atoms with van der Waals surface area (Å²) in [4.78, 5) is 25.5. The molecular weight excluding hydrogens is 437 g/mol. The highest BCUT2D eigenvalue weighted by molar-refractivity contribution is 6.29. The minimum atomic E-state index is -1.21. The van der Waals surface area contributed by atoms with Crippen molar-refractivity contribution in [3.8, 4) is 0 Å². The van der Waals surface area contributed by atoms with Crippen LogP contribution in [0.15, 0.2) is 59.4 Å². The number of rotatable bonds is 4. The van der Waals surface area contributed by atoms with Gasteiger partial charge in [0.2, 0.25) is 0 Å². The summed E-state index contributed by atoms with van der Waals surface area (Å²) >= 11 is 0. The molecule has 0 aliphatic heterocycles. The molecule has 1 aliphatic carbocycles. The number of hydrogen-bond acceptors (Lipinski definition) is 4. The maximum atomic E-state index is 15.0. The van der Waals surface area contributed by atoms with E-state index in [1.807, 2.05) is 19.1 Å². The minimum Gasteiger partial charge on any atom is -0.477 e. The van der Waals surface area contributed by atoms with Gasteiger partial charge in [0.15, 0.2) is 5.78 Å². The quantitative estimate of drug-likeness (QED) is 0.379. The molecule has 3 heterocycles. The molecule has 5 aromatic rings. The first-order chi connectivity index (χ1) is 16.4. The van der Waals surface area contributed by atoms with E-state index in [2.05, 4.69) is 10.2 Å². The van der Waals surface area contributed by atoms with E-state index in [-0.39, 0.29) is 46.5 Å². The number of fused-ring (bicyclic) bond motifs is 4. The van der Waals surface area contributed by atoms with Gasteiger partial charge in [-0.05, 0) is 42.3 Å². The molecule has 0 saturated heterocycles. The van der Waals surface area contributed by atoms with Gasteiger partial charge in [0, 0.05) is 29.5 Å². The van der Waals surface area contributed by atoms with Crippen LogP contribution < -0.4 is 0 Å². The molecule has 1 aliphatic rings. The first-order valence-corrected chi connectivity index (χ1v) is 10.7. The average molecular weight is 455 g/mol. The lowest BCUT2D eigenvalue weighted by molar-refractivity contribution is -0.113. The Labute approximate surface area is 191 Å². The highest BCUT2D eigenvalue weighted by Crippen LogP contribution is 2.40. The number of carboxylic acid groups (broad SMARTS) is 1. The van der Waals surface area contributed by atoms with Crippen LogP contribution in [0, 0.1) is 12.7 Å². The van der Waals surface area contributed by atoms with Crippen molar-refractivity contribution in [2.75, 3.05) is 0 Å². The summed E-state index contributed by atoms with van der Waals surface area (Å²) in [6.45, 7) is 2.08. The van der Waals surface area contributed by atoms with Gasteiger partial charge in [-0.2, -0.15) is 5.10 Å². The fraction of sp³-hybridized carbons (Fsp3) is 0.115. The Kier molecular flexibility index (Phi) is 4.32. The molecule has 2 aromatic carbocycles. The van der Waals surface area contributed by atoms with Crippen molar-refractivity contribution in [2.45, 2.75) is 19.9 Å². The topological polar surface area (TPSA) is 101 Å². The second-order valence-electron chi connectivity index (χ2n) is 8.40. The number of halogens is 1. The number of aromatic nitrogens is 3. The third-order valence-electron chi connectivity index (χ3n) is 6.42. The third kappa shape index (κ3) is 2.85. The number of H-pyrrole nitrogens is 1. The highest BCUT2D eigenvalue weighted by atomic mass is 19.1. The molecule has 3 aromatic heterocycles. The van der Waals surface area contributed by atoms with E-state index in [1.54, 1.807) is 29.0 Å². The molecule has 0 fully saturated rings. The lowest BCUT2D eigenvalue weighted by Gasteiger charge is -2.13. The SMILES string of the molecule is Cc1cc2[nH]ncc2cc1Cn1c(C(=O)O)c(C2=CC=CCC2=O)c2c3occc3c(F)cc21. The van der Waals surface area contributed by atoms with E-state index in [9.17, 15) is 14.7 Å². The lowest BCUT2D eigenvalue weighted by Crippen LogP contribution is -2.14. The number of allylic oxidation sites excluding steroid dienone is 4. The summed E-state index contributed by atoms with van der Waals surface area (Å²) in [5, 5.41) is 18.8. The number of Topliss-reactive ketones (excluding diaryl/α,β-unsaturated/α-hetero) is 1. The highest BCUT2D eigenvalue weighted by Gasteiger charge is 2.31. The van der Waals surface area contributed by atoms with Crippen LogP contribution in [0.1, 0.15) is 33.6 Å². The fourth-order valence-corrected chi connectivity index (χ4v) is 4.81. The second-order valence-corrected chi connectivity index (χ2v) is 8.40. The van der Waals surface area contributed by atoms with Crippen LogP contribution in [0.2, 0.25) is 0 Å². The van der Waals surface area contributed by atoms with Gasteiger partial charge < -0.3 is 14.1 Å². The number of carboxylic acids is 1. The molecule has 34 heavy (non-hydrogen) atoms. The molecule has 0 unspecified atom stereocenters. The van der Waals surface area contributed by atoms with Crippen LogP contribution in [0.4, 0.5) is 4.39 Å². The number of nitrogens with one attached hydrogen (secondary N) is 1. The van der Waals surface area contributed by atoms with Crippen LogP contribution >= 0.6 is 0 Å². The standard InChI is InChI=1S/C26H18FN3O4/c1-13-8-19-14(11-28-29-19)9-15(13)12-30-20-10-18(27)16-6-7-34-25(16)23(20)22(24(30)26(32)33)17-4-2-3-5-21(17)31/h2-4,6-11H,5,12H2,1H3,(H,28,29)(H,32,33). The molecule has 6 rings (SSSR count). The number of aromatic amines is 1. The predicted molar refractivity (Wildman–Crippen MR) is 125 cm³/mol. The number of carbonyl (C=O) groups is 2. The van der Waals surface area contributed by atoms with Gasteiger partial charge in [0.05, 0.1) is 34.3 Å². The zero-order valence-electron chi connectivity index (χ0n) is 18.1. The molecule has 7 nitrogen and oxygen atoms in total. The summed E-state index contributed by atoms with van der Waals surface area (Å²) in [5.74, 6) is -1.94. The normalized spacial score (nSPS) is 13.9. The summed E-state index contributed by atoms with van der Waals surface area (Å²) in [6.07, 6.45) is 8.28. The number of benzene rings is 2. The van der Waals surface area contributed by atoms with Crippen molar-refractivity contribution in [3.63, 3.8) is 0 Å². The van der Waals surface area contributed by atoms with E-state index >= 15 is 4.39 Å². The second kappa shape index (κ2) is 7.28. The van der Waals surface area contributed by atoms with Crippen molar-refractivity contribution in [1.82, 2.24) is 14.8 Å². The van der Waals surface area contributed by atoms with Crippen LogP contribution in [-0.4, -0.2) is 31.6 Å². The van der Waals surface area contributed by atoms with Crippen molar-refractivity contribution in [3.05, 3.63) is 83.2 Å². The Bertz CT molecular complexity index is 1730. The number of aryl methyl sites for hydroxylation is 1. The monoisotopic (exact) mass is 455 g/mol. The van der Waals surface area contributed by atoms with Gasteiger partial charge in [-0.15, -0.1) is 0 Å². The Hall–Kier alpha value is -4.46. The van der Waals surface area contributed by atoms with Crippen molar-refractivity contribution in [2.24, 2.45) is 0 Å². The van der Waals surface area contributed by atoms with Crippen molar-refractivity contribution >= 4 is 50.1 Å². The van der Waals surface area contributed by atoms with E-state index in [0.717, 1.165) is 22.0 Å². The van der Waals surface area contributed by atoms with E-state index in [0.29, 0.717) is 10.9 Å². The molecule has 0 bridgehead atoms. The fourth-order valence-electron chi connectivity index (χ4n) is 4.81. The van der Waals surface area contributed by atoms with Crippen LogP contribution in [0.3, 0.4) is 0 Å². The van der Waals surface area contributed by atoms with Crippen LogP contribution in [0.5, 0.6) is 0 Å². The van der Waals surface area contributed by atoms with E-state index in [1.165, 1.54) is 18.4 Å². The van der Waals surface area contributed by atoms with E-state index in [4.69, 9.17) is 4.42 Å². The largest absolute Gasteiger partial charge is 0.477 e. The molecule has 0 saturated carbocycles. The molecule has 0 spiro atoms. The zero-order chi connectivity index (χ0) is 23.6. The zero-order valence-corrected chi connectivity index (χ0v) is 18.1. The maximum absolute atomic E-state index is 15.0. The van der Waals surface area contributed by atoms with Gasteiger partial charge in [-0.3, -0.25) is 9.89 Å². The Morgan fingerprint density at radius 1 is 1.32 bits per heavy atom. The first-order valence-electron chi connectivity index (χ1n) is 10.7. The summed E-state index contributed by atoms with van der Waals surface area (Å²) in [5.41, 5.74) is 3.65. The minimum absolute atomic E-state index is 0.0834. The van der Waals surface area contributed by atoms with Gasteiger partial charge in [0.25, 0.3) is 0 Å². The number of ketones is 1. The van der Waals surface area contributed by atoms with Gasteiger partial charge in [0.1, 0.15) is 17.1 Å². The number of nitrogens with zero attached hydrogens (tertiary/aromatic N) is 2. The molecule has 2 N–H and O–H groups in total. The van der Waals surface area contributed by atoms with Gasteiger partial charge >= 0.3 is 5.97 Å². The third-order valence-corrected chi connectivity index (χ3v) is 6.42. The Balaban J connectivity index is 1.72. The maximum Gasteiger partial charge on any atom is 0.353 e. The van der Waals surface area contributed by atoms with Gasteiger partial charge in [-0.1, -0.05) is 18.2 Å². The lowest BCUT2D eigenvalue weighted by atomic mass is 9.93. The summed E-state index contributed by atoms with van der Waals surface area (Å²) in [6, 6.07) is 6.69.